The first-order chi connectivity index (χ1) is 22.2. The third-order valence-corrected chi connectivity index (χ3v) is 9.98. The molecule has 46 heavy (non-hydrogen) atoms. The van der Waals surface area contributed by atoms with E-state index in [0.29, 0.717) is 11.3 Å². The summed E-state index contributed by atoms with van der Waals surface area (Å²) in [7, 11) is -2.76. The number of amides is 2. The molecule has 4 aromatic carbocycles. The number of ether oxygens (including phenoxy) is 1. The van der Waals surface area contributed by atoms with Crippen molar-refractivity contribution < 1.29 is 27.1 Å². The van der Waals surface area contributed by atoms with E-state index in [1.807, 2.05) is 30.3 Å². The molecule has 0 saturated heterocycles. The Morgan fingerprint density at radius 1 is 0.870 bits per heavy atom. The molecule has 4 aromatic rings. The van der Waals surface area contributed by atoms with E-state index in [1.165, 1.54) is 36.3 Å². The van der Waals surface area contributed by atoms with Crippen LogP contribution in [0.5, 0.6) is 5.75 Å². The molecule has 1 saturated carbocycles. The van der Waals surface area contributed by atoms with Crippen LogP contribution in [0.25, 0.3) is 0 Å². The molecule has 0 bridgehead atoms. The number of carbonyl (C=O) groups is 2. The average molecular weight is 644 g/mol. The van der Waals surface area contributed by atoms with Crippen LogP contribution in [0.15, 0.2) is 114 Å². The van der Waals surface area contributed by atoms with Crippen molar-refractivity contribution in [3.8, 4) is 5.75 Å². The van der Waals surface area contributed by atoms with Gasteiger partial charge < -0.3 is 15.0 Å². The van der Waals surface area contributed by atoms with Crippen molar-refractivity contribution in [2.75, 3.05) is 18.0 Å². The molecule has 5 rings (SSSR count). The molecule has 0 heterocycles. The number of halogens is 1. The van der Waals surface area contributed by atoms with E-state index in [2.05, 4.69) is 5.32 Å². The van der Waals surface area contributed by atoms with Crippen molar-refractivity contribution in [1.82, 2.24) is 10.2 Å². The normalized spacial score (nSPS) is 14.0. The number of hydrogen-bond donors (Lipinski definition) is 1. The number of nitrogens with one attached hydrogen (secondary N) is 1. The minimum atomic E-state index is -4.23. The monoisotopic (exact) mass is 643 g/mol. The first-order valence-electron chi connectivity index (χ1n) is 15.3. The third-order valence-electron chi connectivity index (χ3n) is 8.19. The van der Waals surface area contributed by atoms with Gasteiger partial charge in [-0.25, -0.2) is 12.8 Å². The number of benzene rings is 4. The van der Waals surface area contributed by atoms with Gasteiger partial charge in [-0.1, -0.05) is 79.6 Å². The van der Waals surface area contributed by atoms with E-state index in [1.54, 1.807) is 54.6 Å². The van der Waals surface area contributed by atoms with Crippen LogP contribution in [0, 0.1) is 5.82 Å². The van der Waals surface area contributed by atoms with Gasteiger partial charge in [-0.15, -0.1) is 0 Å². The highest BCUT2D eigenvalue weighted by molar-refractivity contribution is 7.92. The molecule has 1 aliphatic carbocycles. The average Bonchev–Trinajstić information content (AvgIpc) is 3.59. The SMILES string of the molecule is COc1cccc(N(CC(=O)N(Cc2ccc(F)cc2)[C@@H](Cc2ccccc2)C(=O)NC2CCCC2)S(=O)(=O)c2ccccc2)c1. The summed E-state index contributed by atoms with van der Waals surface area (Å²) in [5.74, 6) is -0.918. The fourth-order valence-corrected chi connectivity index (χ4v) is 7.15. The molecule has 1 fully saturated rings. The van der Waals surface area contributed by atoms with Crippen molar-refractivity contribution in [1.29, 1.82) is 0 Å². The molecule has 8 nitrogen and oxygen atoms in total. The quantitative estimate of drug-likeness (QED) is 0.201. The second-order valence-corrected chi connectivity index (χ2v) is 13.2. The highest BCUT2D eigenvalue weighted by Crippen LogP contribution is 2.28. The standard InChI is InChI=1S/C36H38FN3O5S/c1-45-32-16-10-15-31(24-32)40(46(43,44)33-17-6-3-7-18-33)26-35(41)39(25-28-19-21-29(37)22-20-28)34(23-27-11-4-2-5-12-27)36(42)38-30-13-8-9-14-30/h2-7,10-12,15-22,24,30,34H,8-9,13-14,23,25-26H2,1H3,(H,38,42)/t34-/m0/s1. The van der Waals surface area contributed by atoms with Gasteiger partial charge in [-0.2, -0.15) is 0 Å². The van der Waals surface area contributed by atoms with Gasteiger partial charge in [0.1, 0.15) is 24.2 Å². The van der Waals surface area contributed by atoms with E-state index in [-0.39, 0.29) is 35.5 Å². The lowest BCUT2D eigenvalue weighted by molar-refractivity contribution is -0.140. The van der Waals surface area contributed by atoms with Crippen molar-refractivity contribution in [2.45, 2.75) is 55.6 Å². The zero-order valence-electron chi connectivity index (χ0n) is 25.7. The number of methoxy groups -OCH3 is 1. The minimum Gasteiger partial charge on any atom is -0.497 e. The maximum absolute atomic E-state index is 14.5. The molecule has 1 N–H and O–H groups in total. The summed E-state index contributed by atoms with van der Waals surface area (Å²) in [6, 6.07) is 28.5. The van der Waals surface area contributed by atoms with E-state index >= 15 is 0 Å². The zero-order valence-corrected chi connectivity index (χ0v) is 26.5. The van der Waals surface area contributed by atoms with Gasteiger partial charge in [-0.05, 0) is 60.4 Å². The molecular weight excluding hydrogens is 605 g/mol. The fourth-order valence-electron chi connectivity index (χ4n) is 5.72. The Kier molecular flexibility index (Phi) is 10.7. The lowest BCUT2D eigenvalue weighted by Crippen LogP contribution is -2.54. The Morgan fingerprint density at radius 3 is 2.17 bits per heavy atom. The predicted octanol–water partition coefficient (Wildman–Crippen LogP) is 5.73. The van der Waals surface area contributed by atoms with Gasteiger partial charge in [0.05, 0.1) is 17.7 Å². The number of sulfonamides is 1. The summed E-state index contributed by atoms with van der Waals surface area (Å²) in [5, 5.41) is 3.14. The maximum Gasteiger partial charge on any atom is 0.264 e. The highest BCUT2D eigenvalue weighted by atomic mass is 32.2. The summed E-state index contributed by atoms with van der Waals surface area (Å²) in [5.41, 5.74) is 1.67. The van der Waals surface area contributed by atoms with Gasteiger partial charge >= 0.3 is 0 Å². The Balaban J connectivity index is 1.56. The molecule has 1 aliphatic rings. The van der Waals surface area contributed by atoms with Crippen LogP contribution in [-0.4, -0.2) is 50.9 Å². The van der Waals surface area contributed by atoms with Gasteiger partial charge in [0.25, 0.3) is 10.0 Å². The fraction of sp³-hybridized carbons (Fsp3) is 0.278. The zero-order chi connectivity index (χ0) is 32.5. The van der Waals surface area contributed by atoms with E-state index in [0.717, 1.165) is 35.6 Å². The number of nitrogens with zero attached hydrogens (tertiary/aromatic N) is 2. The molecule has 0 aromatic heterocycles. The summed E-state index contributed by atoms with van der Waals surface area (Å²) < 4.78 is 48.5. The Morgan fingerprint density at radius 2 is 1.52 bits per heavy atom. The molecule has 240 valence electrons. The lowest BCUT2D eigenvalue weighted by Gasteiger charge is -2.34. The molecule has 2 amide bonds. The number of anilines is 1. The predicted molar refractivity (Wildman–Crippen MR) is 175 cm³/mol. The van der Waals surface area contributed by atoms with Gasteiger partial charge in [0.15, 0.2) is 0 Å². The smallest absolute Gasteiger partial charge is 0.264 e. The van der Waals surface area contributed by atoms with Gasteiger partial charge in [0.2, 0.25) is 11.8 Å². The first-order valence-corrected chi connectivity index (χ1v) is 16.8. The number of hydrogen-bond acceptors (Lipinski definition) is 5. The Bertz CT molecular complexity index is 1710. The van der Waals surface area contributed by atoms with E-state index < -0.39 is 34.3 Å². The molecule has 0 radical (unpaired) electrons. The van der Waals surface area contributed by atoms with Crippen molar-refractivity contribution in [3.05, 3.63) is 126 Å². The van der Waals surface area contributed by atoms with Crippen LogP contribution in [-0.2, 0) is 32.6 Å². The third kappa shape index (κ3) is 8.11. The van der Waals surface area contributed by atoms with E-state index in [9.17, 15) is 22.4 Å². The van der Waals surface area contributed by atoms with Crippen LogP contribution < -0.4 is 14.4 Å². The van der Waals surface area contributed by atoms with Crippen LogP contribution in [0.1, 0.15) is 36.8 Å². The van der Waals surface area contributed by atoms with Gasteiger partial charge in [-0.3, -0.25) is 13.9 Å². The minimum absolute atomic E-state index is 0.000266. The maximum atomic E-state index is 14.5. The molecule has 1 atom stereocenters. The number of carbonyl (C=O) groups excluding carboxylic acids is 2. The van der Waals surface area contributed by atoms with Gasteiger partial charge in [0, 0.05) is 25.1 Å². The topological polar surface area (TPSA) is 96.0 Å². The summed E-state index contributed by atoms with van der Waals surface area (Å²) >= 11 is 0. The summed E-state index contributed by atoms with van der Waals surface area (Å²) in [6.45, 7) is -0.625. The highest BCUT2D eigenvalue weighted by Gasteiger charge is 2.35. The molecule has 0 spiro atoms. The first kappa shape index (κ1) is 32.7. The molecular formula is C36H38FN3O5S. The second-order valence-electron chi connectivity index (χ2n) is 11.4. The largest absolute Gasteiger partial charge is 0.497 e. The van der Waals surface area contributed by atoms with Crippen LogP contribution >= 0.6 is 0 Å². The second kappa shape index (κ2) is 15.1. The summed E-state index contributed by atoms with van der Waals surface area (Å²) in [6.07, 6.45) is 3.94. The van der Waals surface area contributed by atoms with Crippen LogP contribution in [0.3, 0.4) is 0 Å². The molecule has 0 unspecified atom stereocenters. The molecule has 10 heteroatoms. The molecule has 0 aliphatic heterocycles. The summed E-state index contributed by atoms with van der Waals surface area (Å²) in [4.78, 5) is 30.0. The Hall–Kier alpha value is -4.70. The van der Waals surface area contributed by atoms with Crippen LogP contribution in [0.4, 0.5) is 10.1 Å². The van der Waals surface area contributed by atoms with E-state index in [4.69, 9.17) is 4.74 Å². The van der Waals surface area contributed by atoms with Crippen LogP contribution in [0.2, 0.25) is 0 Å². The number of rotatable bonds is 13. The van der Waals surface area contributed by atoms with Crippen molar-refractivity contribution in [2.24, 2.45) is 0 Å². The van der Waals surface area contributed by atoms with Crippen molar-refractivity contribution in [3.63, 3.8) is 0 Å². The Labute approximate surface area is 269 Å². The lowest BCUT2D eigenvalue weighted by atomic mass is 10.0. The van der Waals surface area contributed by atoms with Crippen molar-refractivity contribution >= 4 is 27.5 Å².